The second-order valence-electron chi connectivity index (χ2n) is 3.34. The van der Waals surface area contributed by atoms with Gasteiger partial charge in [0.1, 0.15) is 0 Å². The van der Waals surface area contributed by atoms with Crippen LogP contribution in [0.3, 0.4) is 0 Å². The van der Waals surface area contributed by atoms with Gasteiger partial charge in [-0.3, -0.25) is 9.88 Å². The molecule has 1 fully saturated rings. The molecule has 0 unspecified atom stereocenters. The predicted molar refractivity (Wildman–Crippen MR) is 56.0 cm³/mol. The van der Waals surface area contributed by atoms with Crippen LogP contribution in [0.25, 0.3) is 0 Å². The lowest BCUT2D eigenvalue weighted by molar-refractivity contribution is 0.331. The zero-order chi connectivity index (χ0) is 8.23. The molecule has 0 amide bonds. The maximum absolute atomic E-state index is 4.00. The molecule has 72 valence electrons. The molecule has 1 aromatic rings. The highest BCUT2D eigenvalue weighted by Crippen LogP contribution is 2.11. The summed E-state index contributed by atoms with van der Waals surface area (Å²) in [6.07, 6.45) is 6.47. The SMILES string of the molecule is Cl.c1cc(CN2CCCC2)ccn1. The highest BCUT2D eigenvalue weighted by Gasteiger charge is 2.10. The third-order valence-corrected chi connectivity index (χ3v) is 2.35. The van der Waals surface area contributed by atoms with Gasteiger partial charge in [-0.25, -0.2) is 0 Å². The molecule has 13 heavy (non-hydrogen) atoms. The van der Waals surface area contributed by atoms with E-state index in [9.17, 15) is 0 Å². The fourth-order valence-electron chi connectivity index (χ4n) is 1.69. The first-order valence-corrected chi connectivity index (χ1v) is 4.56. The van der Waals surface area contributed by atoms with E-state index in [-0.39, 0.29) is 12.4 Å². The predicted octanol–water partition coefficient (Wildman–Crippen LogP) is 2.10. The third kappa shape index (κ3) is 2.98. The Kier molecular flexibility index (Phi) is 4.19. The van der Waals surface area contributed by atoms with E-state index in [4.69, 9.17) is 0 Å². The zero-order valence-corrected chi connectivity index (χ0v) is 8.46. The van der Waals surface area contributed by atoms with Crippen molar-refractivity contribution in [2.75, 3.05) is 13.1 Å². The van der Waals surface area contributed by atoms with E-state index >= 15 is 0 Å². The van der Waals surface area contributed by atoms with Crippen LogP contribution in [0.5, 0.6) is 0 Å². The van der Waals surface area contributed by atoms with Gasteiger partial charge < -0.3 is 0 Å². The van der Waals surface area contributed by atoms with Crippen LogP contribution in [0.2, 0.25) is 0 Å². The Morgan fingerprint density at radius 1 is 1.15 bits per heavy atom. The number of hydrogen-bond donors (Lipinski definition) is 0. The molecule has 2 rings (SSSR count). The summed E-state index contributed by atoms with van der Waals surface area (Å²) in [5, 5.41) is 0. The van der Waals surface area contributed by atoms with Crippen LogP contribution in [-0.2, 0) is 6.54 Å². The lowest BCUT2D eigenvalue weighted by Crippen LogP contribution is -2.18. The Bertz CT molecular complexity index is 232. The molecule has 0 atom stereocenters. The fraction of sp³-hybridized carbons (Fsp3) is 0.500. The average Bonchev–Trinajstić information content (AvgIpc) is 2.59. The summed E-state index contributed by atoms with van der Waals surface area (Å²) in [4.78, 5) is 6.50. The van der Waals surface area contributed by atoms with Gasteiger partial charge in [-0.2, -0.15) is 0 Å². The Balaban J connectivity index is 0.000000845. The molecule has 1 aliphatic rings. The van der Waals surface area contributed by atoms with E-state index in [1.165, 1.54) is 31.5 Å². The van der Waals surface area contributed by atoms with Crippen LogP contribution in [-0.4, -0.2) is 23.0 Å². The number of rotatable bonds is 2. The molecule has 0 bridgehead atoms. The van der Waals surface area contributed by atoms with Crippen LogP contribution >= 0.6 is 12.4 Å². The highest BCUT2D eigenvalue weighted by atomic mass is 35.5. The summed E-state index contributed by atoms with van der Waals surface area (Å²) in [7, 11) is 0. The number of likely N-dealkylation sites (tertiary alicyclic amines) is 1. The molecular formula is C10H15ClN2. The minimum atomic E-state index is 0. The molecule has 1 aromatic heterocycles. The van der Waals surface area contributed by atoms with E-state index in [1.807, 2.05) is 12.4 Å². The van der Waals surface area contributed by atoms with E-state index in [0.717, 1.165) is 6.54 Å². The van der Waals surface area contributed by atoms with Gasteiger partial charge in [-0.15, -0.1) is 12.4 Å². The molecule has 0 spiro atoms. The van der Waals surface area contributed by atoms with Gasteiger partial charge in [0.25, 0.3) is 0 Å². The summed E-state index contributed by atoms with van der Waals surface area (Å²) in [6, 6.07) is 4.19. The molecule has 0 N–H and O–H groups in total. The first-order valence-electron chi connectivity index (χ1n) is 4.56. The summed E-state index contributed by atoms with van der Waals surface area (Å²) in [5.41, 5.74) is 1.38. The van der Waals surface area contributed by atoms with Gasteiger partial charge in [0.15, 0.2) is 0 Å². The summed E-state index contributed by atoms with van der Waals surface area (Å²) >= 11 is 0. The van der Waals surface area contributed by atoms with E-state index in [2.05, 4.69) is 22.0 Å². The smallest absolute Gasteiger partial charge is 0.0271 e. The molecule has 1 saturated heterocycles. The summed E-state index contributed by atoms with van der Waals surface area (Å²) in [6.45, 7) is 3.63. The van der Waals surface area contributed by atoms with Crippen molar-refractivity contribution < 1.29 is 0 Å². The van der Waals surface area contributed by atoms with Crippen molar-refractivity contribution in [2.45, 2.75) is 19.4 Å². The van der Waals surface area contributed by atoms with Gasteiger partial charge in [0.05, 0.1) is 0 Å². The molecule has 3 heteroatoms. The zero-order valence-electron chi connectivity index (χ0n) is 7.65. The van der Waals surface area contributed by atoms with Crippen molar-refractivity contribution in [3.8, 4) is 0 Å². The largest absolute Gasteiger partial charge is 0.299 e. The average molecular weight is 199 g/mol. The van der Waals surface area contributed by atoms with Crippen molar-refractivity contribution in [3.05, 3.63) is 30.1 Å². The van der Waals surface area contributed by atoms with E-state index in [1.54, 1.807) is 0 Å². The fourth-order valence-corrected chi connectivity index (χ4v) is 1.69. The lowest BCUT2D eigenvalue weighted by Gasteiger charge is -2.13. The van der Waals surface area contributed by atoms with Crippen molar-refractivity contribution in [1.82, 2.24) is 9.88 Å². The van der Waals surface area contributed by atoms with E-state index < -0.39 is 0 Å². The molecule has 0 saturated carbocycles. The summed E-state index contributed by atoms with van der Waals surface area (Å²) in [5.74, 6) is 0. The molecular weight excluding hydrogens is 184 g/mol. The topological polar surface area (TPSA) is 16.1 Å². The quantitative estimate of drug-likeness (QED) is 0.724. The van der Waals surface area contributed by atoms with Gasteiger partial charge in [0, 0.05) is 18.9 Å². The van der Waals surface area contributed by atoms with Crippen LogP contribution in [0.4, 0.5) is 0 Å². The van der Waals surface area contributed by atoms with Crippen molar-refractivity contribution in [1.29, 1.82) is 0 Å². The number of aromatic nitrogens is 1. The number of hydrogen-bond acceptors (Lipinski definition) is 2. The maximum atomic E-state index is 4.00. The van der Waals surface area contributed by atoms with Gasteiger partial charge in [-0.05, 0) is 43.6 Å². The van der Waals surface area contributed by atoms with Crippen LogP contribution in [0, 0.1) is 0 Å². The Morgan fingerprint density at radius 2 is 1.77 bits per heavy atom. The highest BCUT2D eigenvalue weighted by molar-refractivity contribution is 5.85. The standard InChI is InChI=1S/C10H14N2.ClH/c1-2-8-12(7-1)9-10-3-5-11-6-4-10;/h3-6H,1-2,7-9H2;1H. The monoisotopic (exact) mass is 198 g/mol. The minimum absolute atomic E-state index is 0. The molecule has 0 aromatic carbocycles. The number of pyridine rings is 1. The number of halogens is 1. The molecule has 0 aliphatic carbocycles. The van der Waals surface area contributed by atoms with Crippen molar-refractivity contribution >= 4 is 12.4 Å². The van der Waals surface area contributed by atoms with Gasteiger partial charge in [-0.1, -0.05) is 0 Å². The molecule has 2 heterocycles. The Morgan fingerprint density at radius 3 is 2.38 bits per heavy atom. The first-order chi connectivity index (χ1) is 5.95. The molecule has 0 radical (unpaired) electrons. The first kappa shape index (κ1) is 10.5. The van der Waals surface area contributed by atoms with Crippen LogP contribution in [0.1, 0.15) is 18.4 Å². The minimum Gasteiger partial charge on any atom is -0.299 e. The van der Waals surface area contributed by atoms with E-state index in [0.29, 0.717) is 0 Å². The second kappa shape index (κ2) is 5.20. The van der Waals surface area contributed by atoms with Crippen molar-refractivity contribution in [3.63, 3.8) is 0 Å². The number of nitrogens with zero attached hydrogens (tertiary/aromatic N) is 2. The normalized spacial score (nSPS) is 16.9. The van der Waals surface area contributed by atoms with Gasteiger partial charge in [0.2, 0.25) is 0 Å². The van der Waals surface area contributed by atoms with Crippen LogP contribution in [0.15, 0.2) is 24.5 Å². The third-order valence-electron chi connectivity index (χ3n) is 2.35. The Labute approximate surface area is 85.4 Å². The van der Waals surface area contributed by atoms with Crippen molar-refractivity contribution in [2.24, 2.45) is 0 Å². The lowest BCUT2D eigenvalue weighted by atomic mass is 10.2. The Hall–Kier alpha value is -0.600. The van der Waals surface area contributed by atoms with Gasteiger partial charge >= 0.3 is 0 Å². The molecule has 2 nitrogen and oxygen atoms in total. The molecule has 1 aliphatic heterocycles. The van der Waals surface area contributed by atoms with Crippen LogP contribution < -0.4 is 0 Å². The maximum Gasteiger partial charge on any atom is 0.0271 e. The second-order valence-corrected chi connectivity index (χ2v) is 3.34. The summed E-state index contributed by atoms with van der Waals surface area (Å²) < 4.78 is 0.